The summed E-state index contributed by atoms with van der Waals surface area (Å²) < 4.78 is 26.9. The summed E-state index contributed by atoms with van der Waals surface area (Å²) in [4.78, 5) is 12.8. The molecule has 3 heterocycles. The molecule has 0 aliphatic carbocycles. The molecule has 0 saturated carbocycles. The highest BCUT2D eigenvalue weighted by Crippen LogP contribution is 2.28. The van der Waals surface area contributed by atoms with Crippen molar-refractivity contribution in [1.82, 2.24) is 19.3 Å². The fourth-order valence-electron chi connectivity index (χ4n) is 2.73. The normalized spacial score (nSPS) is 20.0. The third kappa shape index (κ3) is 3.00. The molecular weight excluding hydrogens is 300 g/mol. The van der Waals surface area contributed by atoms with Crippen molar-refractivity contribution in [2.24, 2.45) is 0 Å². The number of nitrogens with zero attached hydrogens (tertiary/aromatic N) is 4. The second-order valence-corrected chi connectivity index (χ2v) is 7.41. The van der Waals surface area contributed by atoms with Gasteiger partial charge in [0.05, 0.1) is 11.4 Å². The average molecular weight is 318 g/mol. The van der Waals surface area contributed by atoms with Gasteiger partial charge in [0.2, 0.25) is 10.0 Å². The van der Waals surface area contributed by atoms with Crippen molar-refractivity contribution >= 4 is 10.0 Å². The summed E-state index contributed by atoms with van der Waals surface area (Å²) in [7, 11) is -3.49. The van der Waals surface area contributed by atoms with Gasteiger partial charge in [-0.2, -0.15) is 4.31 Å². The van der Waals surface area contributed by atoms with E-state index in [1.165, 1.54) is 10.5 Å². The molecule has 0 amide bonds. The van der Waals surface area contributed by atoms with Gasteiger partial charge < -0.3 is 0 Å². The van der Waals surface area contributed by atoms with Gasteiger partial charge in [-0.3, -0.25) is 15.0 Å². The van der Waals surface area contributed by atoms with Crippen LogP contribution in [0.25, 0.3) is 0 Å². The smallest absolute Gasteiger partial charge is 0.244 e. The number of hydrogen-bond acceptors (Lipinski definition) is 5. The average Bonchev–Trinajstić information content (AvgIpc) is 2.56. The Kier molecular flexibility index (Phi) is 4.17. The monoisotopic (exact) mass is 318 g/mol. The Balaban J connectivity index is 1.84. The van der Waals surface area contributed by atoms with Crippen molar-refractivity contribution in [3.63, 3.8) is 0 Å². The zero-order valence-electron chi connectivity index (χ0n) is 12.4. The summed E-state index contributed by atoms with van der Waals surface area (Å²) in [6.07, 6.45) is 8.15. The first-order valence-corrected chi connectivity index (χ1v) is 8.70. The van der Waals surface area contributed by atoms with E-state index in [0.717, 1.165) is 24.2 Å². The van der Waals surface area contributed by atoms with E-state index in [0.29, 0.717) is 13.1 Å². The van der Waals surface area contributed by atoms with Gasteiger partial charge in [0.15, 0.2) is 0 Å². The van der Waals surface area contributed by atoms with Crippen molar-refractivity contribution < 1.29 is 8.42 Å². The van der Waals surface area contributed by atoms with Crippen LogP contribution < -0.4 is 0 Å². The molecule has 22 heavy (non-hydrogen) atoms. The van der Waals surface area contributed by atoms with Crippen LogP contribution in [0.2, 0.25) is 0 Å². The summed E-state index contributed by atoms with van der Waals surface area (Å²) in [5.41, 5.74) is 1.72. The minimum atomic E-state index is -3.49. The molecule has 2 aromatic rings. The molecule has 1 aliphatic rings. The van der Waals surface area contributed by atoms with Crippen LogP contribution in [0.1, 0.15) is 30.1 Å². The quantitative estimate of drug-likeness (QED) is 0.862. The molecule has 116 valence electrons. The first kappa shape index (κ1) is 15.1. The lowest BCUT2D eigenvalue weighted by Gasteiger charge is -2.31. The molecule has 2 aromatic heterocycles. The van der Waals surface area contributed by atoms with Gasteiger partial charge in [-0.05, 0) is 31.9 Å². The minimum Gasteiger partial charge on any atom is -0.263 e. The molecule has 7 heteroatoms. The molecule has 0 radical (unpaired) electrons. The van der Waals surface area contributed by atoms with Crippen LogP contribution in [0.5, 0.6) is 0 Å². The summed E-state index contributed by atoms with van der Waals surface area (Å²) in [6.45, 7) is 2.87. The Labute approximate surface area is 130 Å². The highest BCUT2D eigenvalue weighted by atomic mass is 32.2. The van der Waals surface area contributed by atoms with Gasteiger partial charge in [0, 0.05) is 43.8 Å². The predicted molar refractivity (Wildman–Crippen MR) is 81.7 cm³/mol. The largest absolute Gasteiger partial charge is 0.263 e. The standard InChI is InChI=1S/C15H18N4O2S/c1-12-8-17-10-15(18-12)13-4-3-7-19(11-13)22(20,21)14-5-2-6-16-9-14/h2,5-6,8-10,13H,3-4,7,11H2,1H3. The fraction of sp³-hybridized carbons (Fsp3) is 0.400. The molecule has 1 fully saturated rings. The van der Waals surface area contributed by atoms with E-state index in [1.807, 2.05) is 6.92 Å². The van der Waals surface area contributed by atoms with E-state index in [4.69, 9.17) is 0 Å². The Morgan fingerprint density at radius 1 is 1.23 bits per heavy atom. The zero-order valence-corrected chi connectivity index (χ0v) is 13.2. The third-order valence-corrected chi connectivity index (χ3v) is 5.70. The Morgan fingerprint density at radius 2 is 2.09 bits per heavy atom. The minimum absolute atomic E-state index is 0.0904. The topological polar surface area (TPSA) is 76.1 Å². The lowest BCUT2D eigenvalue weighted by molar-refractivity contribution is 0.312. The predicted octanol–water partition coefficient (Wildman–Crippen LogP) is 1.75. The molecule has 3 rings (SSSR count). The number of rotatable bonds is 3. The number of aromatic nitrogens is 3. The molecule has 1 atom stereocenters. The lowest BCUT2D eigenvalue weighted by atomic mass is 9.96. The van der Waals surface area contributed by atoms with Gasteiger partial charge in [-0.15, -0.1) is 0 Å². The first-order valence-electron chi connectivity index (χ1n) is 7.26. The molecule has 0 spiro atoms. The van der Waals surface area contributed by atoms with Crippen LogP contribution in [0, 0.1) is 6.92 Å². The maximum Gasteiger partial charge on any atom is 0.244 e. The molecular formula is C15H18N4O2S. The molecule has 1 unspecified atom stereocenters. The maximum atomic E-state index is 12.7. The number of sulfonamides is 1. The molecule has 0 N–H and O–H groups in total. The van der Waals surface area contributed by atoms with Gasteiger partial charge in [-0.25, -0.2) is 8.42 Å². The second kappa shape index (κ2) is 6.10. The van der Waals surface area contributed by atoms with Crippen molar-refractivity contribution in [2.75, 3.05) is 13.1 Å². The Bertz CT molecular complexity index is 749. The Hall–Kier alpha value is -1.86. The zero-order chi connectivity index (χ0) is 15.6. The van der Waals surface area contributed by atoms with E-state index in [-0.39, 0.29) is 10.8 Å². The van der Waals surface area contributed by atoms with Gasteiger partial charge in [0.1, 0.15) is 4.90 Å². The van der Waals surface area contributed by atoms with Crippen LogP contribution in [-0.2, 0) is 10.0 Å². The highest BCUT2D eigenvalue weighted by molar-refractivity contribution is 7.89. The lowest BCUT2D eigenvalue weighted by Crippen LogP contribution is -2.39. The molecule has 0 bridgehead atoms. The number of hydrogen-bond donors (Lipinski definition) is 0. The third-order valence-electron chi connectivity index (χ3n) is 3.85. The SMILES string of the molecule is Cc1cncc(C2CCCN(S(=O)(=O)c3cccnc3)C2)n1. The number of piperidine rings is 1. The summed E-state index contributed by atoms with van der Waals surface area (Å²) in [5.74, 6) is 0.0904. The van der Waals surface area contributed by atoms with Crippen molar-refractivity contribution in [2.45, 2.75) is 30.6 Å². The molecule has 0 aromatic carbocycles. The van der Waals surface area contributed by atoms with Crippen molar-refractivity contribution in [3.8, 4) is 0 Å². The Morgan fingerprint density at radius 3 is 2.82 bits per heavy atom. The summed E-state index contributed by atoms with van der Waals surface area (Å²) in [6, 6.07) is 3.22. The highest BCUT2D eigenvalue weighted by Gasteiger charge is 2.31. The van der Waals surface area contributed by atoms with Crippen molar-refractivity contribution in [1.29, 1.82) is 0 Å². The van der Waals surface area contributed by atoms with Gasteiger partial charge in [0.25, 0.3) is 0 Å². The van der Waals surface area contributed by atoms with Crippen LogP contribution in [0.4, 0.5) is 0 Å². The van der Waals surface area contributed by atoms with E-state index >= 15 is 0 Å². The van der Waals surface area contributed by atoms with Gasteiger partial charge >= 0.3 is 0 Å². The van der Waals surface area contributed by atoms with Crippen LogP contribution in [-0.4, -0.2) is 40.8 Å². The number of aryl methyl sites for hydroxylation is 1. The second-order valence-electron chi connectivity index (χ2n) is 5.48. The van der Waals surface area contributed by atoms with Crippen molar-refractivity contribution in [3.05, 3.63) is 48.3 Å². The fourth-order valence-corrected chi connectivity index (χ4v) is 4.22. The van der Waals surface area contributed by atoms with E-state index in [1.54, 1.807) is 30.7 Å². The first-order chi connectivity index (χ1) is 10.6. The van der Waals surface area contributed by atoms with E-state index in [9.17, 15) is 8.42 Å². The summed E-state index contributed by atoms with van der Waals surface area (Å²) >= 11 is 0. The van der Waals surface area contributed by atoms with Gasteiger partial charge in [-0.1, -0.05) is 0 Å². The van der Waals surface area contributed by atoms with E-state index in [2.05, 4.69) is 15.0 Å². The van der Waals surface area contributed by atoms with Crippen LogP contribution >= 0.6 is 0 Å². The van der Waals surface area contributed by atoms with Crippen LogP contribution in [0.3, 0.4) is 0 Å². The molecule has 1 aliphatic heterocycles. The molecule has 6 nitrogen and oxygen atoms in total. The van der Waals surface area contributed by atoms with E-state index < -0.39 is 10.0 Å². The summed E-state index contributed by atoms with van der Waals surface area (Å²) in [5, 5.41) is 0. The molecule has 1 saturated heterocycles. The number of pyridine rings is 1. The van der Waals surface area contributed by atoms with Crippen LogP contribution in [0.15, 0.2) is 41.8 Å². The maximum absolute atomic E-state index is 12.7.